The number of phenols is 1. The normalized spacial score (nSPS) is 16.9. The summed E-state index contributed by atoms with van der Waals surface area (Å²) < 4.78 is 0. The molecule has 9 nitrogen and oxygen atoms in total. The van der Waals surface area contributed by atoms with Crippen molar-refractivity contribution >= 4 is 23.8 Å². The van der Waals surface area contributed by atoms with Crippen LogP contribution in [-0.2, 0) is 9.59 Å². The van der Waals surface area contributed by atoms with Gasteiger partial charge in [0.25, 0.3) is 5.91 Å². The molecule has 2 rings (SSSR count). The fourth-order valence-corrected chi connectivity index (χ4v) is 2.39. The number of unbranched alkanes of at least 4 members (excludes halogenated alkanes) is 1. The van der Waals surface area contributed by atoms with E-state index in [1.807, 2.05) is 6.92 Å². The second-order valence-corrected chi connectivity index (χ2v) is 5.69. The number of phenolic OH excluding ortho intramolecular Hbond substituents is 1. The van der Waals surface area contributed by atoms with Crippen LogP contribution in [0.1, 0.15) is 30.1 Å². The molecule has 0 spiro atoms. The maximum atomic E-state index is 12.5. The third-order valence-corrected chi connectivity index (χ3v) is 3.82. The molecule has 1 heterocycles. The molecular formula is C17H20N4O5. The maximum absolute atomic E-state index is 12.5. The van der Waals surface area contributed by atoms with Crippen LogP contribution < -0.4 is 16.2 Å². The number of nitrogens with one attached hydrogen (secondary N) is 3. The molecule has 1 fully saturated rings. The number of carbonyl (C=O) groups is 4. The van der Waals surface area contributed by atoms with E-state index in [1.54, 1.807) is 12.1 Å². The van der Waals surface area contributed by atoms with E-state index in [4.69, 9.17) is 0 Å². The van der Waals surface area contributed by atoms with Gasteiger partial charge >= 0.3 is 6.03 Å². The smallest absolute Gasteiger partial charge is 0.330 e. The summed E-state index contributed by atoms with van der Waals surface area (Å²) in [5.74, 6) is -3.77. The Morgan fingerprint density at radius 1 is 1.27 bits per heavy atom. The summed E-state index contributed by atoms with van der Waals surface area (Å²) in [6.07, 6.45) is 1.37. The topological polar surface area (TPSA) is 128 Å². The minimum absolute atomic E-state index is 0.00646. The monoisotopic (exact) mass is 360 g/mol. The van der Waals surface area contributed by atoms with Crippen molar-refractivity contribution in [2.75, 3.05) is 6.54 Å². The Labute approximate surface area is 150 Å². The number of urea groups is 1. The van der Waals surface area contributed by atoms with E-state index in [-0.39, 0.29) is 23.6 Å². The second-order valence-electron chi connectivity index (χ2n) is 5.69. The lowest BCUT2D eigenvalue weighted by Crippen LogP contribution is -2.60. The lowest BCUT2D eigenvalue weighted by atomic mass is 10.0. The van der Waals surface area contributed by atoms with Crippen LogP contribution in [0.15, 0.2) is 36.5 Å². The molecule has 0 radical (unpaired) electrons. The van der Waals surface area contributed by atoms with Gasteiger partial charge in [-0.1, -0.05) is 32.1 Å². The largest absolute Gasteiger partial charge is 0.507 e. The van der Waals surface area contributed by atoms with Crippen LogP contribution >= 0.6 is 0 Å². The fraction of sp³-hybridized carbons (Fsp3) is 0.294. The molecule has 0 aromatic heterocycles. The predicted octanol–water partition coefficient (Wildman–Crippen LogP) is 0.635. The summed E-state index contributed by atoms with van der Waals surface area (Å²) in [5.41, 5.74) is 4.58. The van der Waals surface area contributed by atoms with Crippen molar-refractivity contribution in [3.63, 3.8) is 0 Å². The second kappa shape index (κ2) is 8.15. The van der Waals surface area contributed by atoms with Gasteiger partial charge in [0, 0.05) is 12.2 Å². The van der Waals surface area contributed by atoms with Crippen LogP contribution in [-0.4, -0.2) is 40.3 Å². The number of benzene rings is 1. The van der Waals surface area contributed by atoms with Gasteiger partial charge in [-0.05, 0) is 18.6 Å². The zero-order valence-electron chi connectivity index (χ0n) is 14.2. The number of hydrazine groups is 1. The molecule has 0 bridgehead atoms. The Morgan fingerprint density at radius 3 is 2.62 bits per heavy atom. The zero-order valence-corrected chi connectivity index (χ0v) is 14.2. The van der Waals surface area contributed by atoms with E-state index in [2.05, 4.69) is 22.7 Å². The first-order valence-electron chi connectivity index (χ1n) is 8.06. The van der Waals surface area contributed by atoms with Crippen molar-refractivity contribution < 1.29 is 24.3 Å². The van der Waals surface area contributed by atoms with E-state index < -0.39 is 29.7 Å². The number of imide groups is 2. The van der Waals surface area contributed by atoms with Gasteiger partial charge < -0.3 is 10.5 Å². The lowest BCUT2D eigenvalue weighted by Gasteiger charge is -2.31. The average molecular weight is 360 g/mol. The molecule has 1 aromatic carbocycles. The minimum atomic E-state index is -1.35. The van der Waals surface area contributed by atoms with Crippen molar-refractivity contribution in [2.24, 2.45) is 5.92 Å². The predicted molar refractivity (Wildman–Crippen MR) is 91.5 cm³/mol. The first kappa shape index (κ1) is 19.0. The summed E-state index contributed by atoms with van der Waals surface area (Å²) in [6, 6.07) is 5.11. The van der Waals surface area contributed by atoms with Gasteiger partial charge in [0.2, 0.25) is 11.8 Å². The third-order valence-electron chi connectivity index (χ3n) is 3.82. The van der Waals surface area contributed by atoms with Gasteiger partial charge in [-0.25, -0.2) is 4.79 Å². The number of carbonyl (C=O) groups excluding carboxylic acids is 4. The molecule has 4 N–H and O–H groups in total. The molecule has 0 saturated carbocycles. The summed E-state index contributed by atoms with van der Waals surface area (Å²) in [6.45, 7) is 5.69. The quantitative estimate of drug-likeness (QED) is 0.417. The van der Waals surface area contributed by atoms with Crippen LogP contribution in [0.2, 0.25) is 0 Å². The van der Waals surface area contributed by atoms with Crippen LogP contribution in [0, 0.1) is 5.92 Å². The van der Waals surface area contributed by atoms with Gasteiger partial charge in [0.1, 0.15) is 5.75 Å². The van der Waals surface area contributed by atoms with Gasteiger partial charge in [-0.2, -0.15) is 0 Å². The van der Waals surface area contributed by atoms with Crippen LogP contribution in [0.5, 0.6) is 5.75 Å². The number of hydrogen-bond acceptors (Lipinski definition) is 6. The molecule has 0 aliphatic carbocycles. The van der Waals surface area contributed by atoms with Crippen molar-refractivity contribution in [1.29, 1.82) is 0 Å². The Hall–Kier alpha value is -3.36. The molecular weight excluding hydrogens is 340 g/mol. The van der Waals surface area contributed by atoms with Crippen molar-refractivity contribution in [3.8, 4) is 5.75 Å². The zero-order chi connectivity index (χ0) is 19.3. The number of nitrogens with zero attached hydrogens (tertiary/aromatic N) is 1. The molecule has 5 amide bonds. The summed E-state index contributed by atoms with van der Waals surface area (Å²) in [4.78, 5) is 49.3. The maximum Gasteiger partial charge on any atom is 0.330 e. The number of hydrogen-bond donors (Lipinski definition) is 4. The van der Waals surface area contributed by atoms with Crippen molar-refractivity contribution in [1.82, 2.24) is 21.1 Å². The van der Waals surface area contributed by atoms with E-state index in [9.17, 15) is 24.3 Å². The highest BCUT2D eigenvalue weighted by Gasteiger charge is 2.41. The van der Waals surface area contributed by atoms with Gasteiger partial charge in [0.05, 0.1) is 5.56 Å². The van der Waals surface area contributed by atoms with E-state index in [0.717, 1.165) is 11.3 Å². The minimum Gasteiger partial charge on any atom is -0.507 e. The molecule has 1 aliphatic heterocycles. The SMILES string of the molecule is C=C(NNC(=O)c1ccccc1O)[C@@H]1C(=O)NC(=O)N(CCCC)C1=O. The molecule has 138 valence electrons. The average Bonchev–Trinajstić information content (AvgIpc) is 2.59. The number of para-hydroxylation sites is 1. The number of barbiturate groups is 1. The molecule has 1 atom stereocenters. The van der Waals surface area contributed by atoms with Crippen molar-refractivity contribution in [3.05, 3.63) is 42.1 Å². The number of aromatic hydroxyl groups is 1. The summed E-state index contributed by atoms with van der Waals surface area (Å²) in [7, 11) is 0. The Balaban J connectivity index is 2.04. The van der Waals surface area contributed by atoms with Crippen LogP contribution in [0.25, 0.3) is 0 Å². The fourth-order valence-electron chi connectivity index (χ4n) is 2.39. The standard InChI is InChI=1S/C17H20N4O5/c1-3-4-9-21-16(25)13(15(24)18-17(21)26)10(2)19-20-14(23)11-7-5-6-8-12(11)22/h5-8,13,19,22H,2-4,9H2,1H3,(H,20,23)(H,18,24,26)/t13-/m1/s1. The van der Waals surface area contributed by atoms with Gasteiger partial charge in [-0.3, -0.25) is 30.0 Å². The highest BCUT2D eigenvalue weighted by Crippen LogP contribution is 2.17. The summed E-state index contributed by atoms with van der Waals surface area (Å²) in [5, 5.41) is 11.8. The van der Waals surface area contributed by atoms with Gasteiger partial charge in [-0.15, -0.1) is 0 Å². The van der Waals surface area contributed by atoms with Crippen LogP contribution in [0.4, 0.5) is 4.79 Å². The third kappa shape index (κ3) is 4.00. The Kier molecular flexibility index (Phi) is 5.94. The molecule has 1 aromatic rings. The molecule has 9 heteroatoms. The van der Waals surface area contributed by atoms with Crippen LogP contribution in [0.3, 0.4) is 0 Å². The highest BCUT2D eigenvalue weighted by atomic mass is 16.3. The van der Waals surface area contributed by atoms with E-state index in [1.165, 1.54) is 12.1 Å². The Bertz CT molecular complexity index is 761. The van der Waals surface area contributed by atoms with E-state index in [0.29, 0.717) is 6.42 Å². The molecule has 1 saturated heterocycles. The molecule has 0 unspecified atom stereocenters. The lowest BCUT2D eigenvalue weighted by molar-refractivity contribution is -0.141. The Morgan fingerprint density at radius 2 is 1.96 bits per heavy atom. The van der Waals surface area contributed by atoms with Crippen molar-refractivity contribution in [2.45, 2.75) is 19.8 Å². The molecule has 26 heavy (non-hydrogen) atoms. The number of rotatable bonds is 7. The first-order valence-corrected chi connectivity index (χ1v) is 8.06. The van der Waals surface area contributed by atoms with E-state index >= 15 is 0 Å². The highest BCUT2D eigenvalue weighted by molar-refractivity contribution is 6.17. The summed E-state index contributed by atoms with van der Waals surface area (Å²) >= 11 is 0. The van der Waals surface area contributed by atoms with Gasteiger partial charge in [0.15, 0.2) is 5.92 Å². The number of amides is 5. The molecule has 1 aliphatic rings. The first-order chi connectivity index (χ1) is 12.4.